The average Bonchev–Trinajstić information content (AvgIpc) is 2.65. The van der Waals surface area contributed by atoms with Crippen molar-refractivity contribution in [2.45, 2.75) is 50.3 Å². The van der Waals surface area contributed by atoms with Crippen LogP contribution in [0.5, 0.6) is 0 Å². The summed E-state index contributed by atoms with van der Waals surface area (Å²) in [6.45, 7) is 1.78. The van der Waals surface area contributed by atoms with E-state index in [2.05, 4.69) is 4.89 Å². The number of benzene rings is 1. The van der Waals surface area contributed by atoms with E-state index >= 15 is 0 Å². The molecule has 0 amide bonds. The summed E-state index contributed by atoms with van der Waals surface area (Å²) in [6, 6.07) is 9.28. The third-order valence-corrected chi connectivity index (χ3v) is 4.02. The molecule has 2 fully saturated rings. The Morgan fingerprint density at radius 1 is 1.10 bits per heavy atom. The molecule has 0 bridgehead atoms. The fourth-order valence-corrected chi connectivity index (χ4v) is 2.68. The second-order valence-corrected chi connectivity index (χ2v) is 5.38. The quantitative estimate of drug-likeness (QED) is 0.664. The van der Waals surface area contributed by atoms with Gasteiger partial charge >= 0.3 is 0 Å². The molecule has 6 heteroatoms. The lowest BCUT2D eigenvalue weighted by molar-refractivity contribution is -0.530. The van der Waals surface area contributed by atoms with Gasteiger partial charge in [-0.05, 0) is 19.8 Å². The van der Waals surface area contributed by atoms with Gasteiger partial charge < -0.3 is 0 Å². The van der Waals surface area contributed by atoms with Gasteiger partial charge in [-0.3, -0.25) is 0 Å². The van der Waals surface area contributed by atoms with E-state index < -0.39 is 17.7 Å². The summed E-state index contributed by atoms with van der Waals surface area (Å²) in [5.74, 6) is -1.37. The first-order valence-electron chi connectivity index (χ1n) is 6.76. The molecule has 1 heterocycles. The van der Waals surface area contributed by atoms with E-state index in [4.69, 9.17) is 19.6 Å². The van der Waals surface area contributed by atoms with Crippen molar-refractivity contribution in [3.05, 3.63) is 35.9 Å². The topological polar surface area (TPSA) is 66.4 Å². The van der Waals surface area contributed by atoms with E-state index in [0.717, 1.165) is 18.4 Å². The summed E-state index contributed by atoms with van der Waals surface area (Å²) >= 11 is 0. The zero-order valence-corrected chi connectivity index (χ0v) is 11.3. The lowest BCUT2D eigenvalue weighted by atomic mass is 9.80. The number of hydrogen-bond donors (Lipinski definition) is 1. The Balaban J connectivity index is 1.84. The SMILES string of the molecule is CC12CCCCC1(OO)OOC(c1ccccc1)OO2. The molecule has 1 saturated heterocycles. The summed E-state index contributed by atoms with van der Waals surface area (Å²) in [4.78, 5) is 26.1. The molecule has 3 unspecified atom stereocenters. The summed E-state index contributed by atoms with van der Waals surface area (Å²) in [5, 5.41) is 9.28. The smallest absolute Gasteiger partial charge is 0.249 e. The van der Waals surface area contributed by atoms with E-state index in [1.165, 1.54) is 0 Å². The van der Waals surface area contributed by atoms with E-state index in [0.29, 0.717) is 12.8 Å². The van der Waals surface area contributed by atoms with Crippen LogP contribution in [0.3, 0.4) is 0 Å². The van der Waals surface area contributed by atoms with E-state index in [-0.39, 0.29) is 0 Å². The van der Waals surface area contributed by atoms with Crippen LogP contribution < -0.4 is 0 Å². The van der Waals surface area contributed by atoms with Gasteiger partial charge in [-0.15, -0.1) is 0 Å². The molecule has 1 saturated carbocycles. The van der Waals surface area contributed by atoms with E-state index in [9.17, 15) is 5.26 Å². The van der Waals surface area contributed by atoms with Crippen molar-refractivity contribution >= 4 is 0 Å². The van der Waals surface area contributed by atoms with Gasteiger partial charge in [0.15, 0.2) is 5.60 Å². The minimum Gasteiger partial charge on any atom is -0.249 e. The third kappa shape index (κ3) is 2.24. The molecule has 1 aromatic carbocycles. The molecule has 3 rings (SSSR count). The highest BCUT2D eigenvalue weighted by atomic mass is 17.4. The molecule has 0 radical (unpaired) electrons. The maximum absolute atomic E-state index is 9.28. The molecule has 0 aromatic heterocycles. The van der Waals surface area contributed by atoms with Crippen molar-refractivity contribution in [3.63, 3.8) is 0 Å². The van der Waals surface area contributed by atoms with Gasteiger partial charge in [-0.2, -0.15) is 19.6 Å². The van der Waals surface area contributed by atoms with Crippen LogP contribution in [0.15, 0.2) is 30.3 Å². The highest BCUT2D eigenvalue weighted by Gasteiger charge is 2.59. The van der Waals surface area contributed by atoms with E-state index in [1.54, 1.807) is 6.92 Å². The van der Waals surface area contributed by atoms with Crippen molar-refractivity contribution in [2.24, 2.45) is 0 Å². The van der Waals surface area contributed by atoms with Crippen LogP contribution in [0.4, 0.5) is 0 Å². The summed E-state index contributed by atoms with van der Waals surface area (Å²) in [6.07, 6.45) is 2.05. The standard InChI is InChI=1S/C14H18O6/c1-13-9-5-6-10-14(13,18-15)20-17-12(16-19-13)11-7-3-2-4-8-11/h2-4,7-8,12,15H,5-6,9-10H2,1H3. The van der Waals surface area contributed by atoms with Gasteiger partial charge in [0.05, 0.1) is 0 Å². The fourth-order valence-electron chi connectivity index (χ4n) is 2.68. The molecule has 2 aliphatic rings. The van der Waals surface area contributed by atoms with Crippen LogP contribution in [0.25, 0.3) is 0 Å². The monoisotopic (exact) mass is 282 g/mol. The zero-order valence-electron chi connectivity index (χ0n) is 11.3. The van der Waals surface area contributed by atoms with Crippen LogP contribution >= 0.6 is 0 Å². The van der Waals surface area contributed by atoms with Gasteiger partial charge in [0.2, 0.25) is 6.29 Å². The van der Waals surface area contributed by atoms with Gasteiger partial charge in [-0.1, -0.05) is 36.8 Å². The third-order valence-electron chi connectivity index (χ3n) is 4.02. The Kier molecular flexibility index (Phi) is 3.76. The highest BCUT2D eigenvalue weighted by Crippen LogP contribution is 2.46. The molecule has 6 nitrogen and oxygen atoms in total. The fraction of sp³-hybridized carbons (Fsp3) is 0.571. The first-order chi connectivity index (χ1) is 9.69. The van der Waals surface area contributed by atoms with Crippen molar-refractivity contribution in [2.75, 3.05) is 0 Å². The van der Waals surface area contributed by atoms with Crippen LogP contribution in [0.1, 0.15) is 44.5 Å². The highest BCUT2D eigenvalue weighted by molar-refractivity contribution is 5.15. The van der Waals surface area contributed by atoms with Crippen LogP contribution in [-0.4, -0.2) is 16.6 Å². The van der Waals surface area contributed by atoms with Crippen molar-refractivity contribution in [1.29, 1.82) is 0 Å². The zero-order chi connectivity index (χ0) is 14.1. The number of fused-ring (bicyclic) bond motifs is 1. The van der Waals surface area contributed by atoms with E-state index in [1.807, 2.05) is 30.3 Å². The van der Waals surface area contributed by atoms with Gasteiger partial charge in [0.25, 0.3) is 5.79 Å². The minimum atomic E-state index is -1.37. The normalized spacial score (nSPS) is 38.0. The molecule has 0 spiro atoms. The first-order valence-corrected chi connectivity index (χ1v) is 6.76. The Morgan fingerprint density at radius 2 is 1.80 bits per heavy atom. The second-order valence-electron chi connectivity index (χ2n) is 5.38. The Morgan fingerprint density at radius 3 is 2.55 bits per heavy atom. The van der Waals surface area contributed by atoms with Crippen molar-refractivity contribution in [1.82, 2.24) is 0 Å². The molecule has 1 aliphatic heterocycles. The predicted molar refractivity (Wildman–Crippen MR) is 66.8 cm³/mol. The Bertz CT molecular complexity index is 452. The second kappa shape index (κ2) is 5.40. The molecule has 20 heavy (non-hydrogen) atoms. The van der Waals surface area contributed by atoms with Crippen LogP contribution in [0, 0.1) is 0 Å². The number of rotatable bonds is 2. The van der Waals surface area contributed by atoms with Crippen molar-refractivity contribution in [3.8, 4) is 0 Å². The molecule has 1 N–H and O–H groups in total. The minimum absolute atomic E-state index is 0.463. The molecule has 1 aliphatic carbocycles. The lowest BCUT2D eigenvalue weighted by Crippen LogP contribution is -2.57. The predicted octanol–water partition coefficient (Wildman–Crippen LogP) is 3.11. The largest absolute Gasteiger partial charge is 0.265 e. The lowest BCUT2D eigenvalue weighted by Gasteiger charge is -2.43. The van der Waals surface area contributed by atoms with Crippen LogP contribution in [0.2, 0.25) is 0 Å². The molecular weight excluding hydrogens is 264 g/mol. The Hall–Kier alpha value is -1.02. The molecule has 1 aromatic rings. The van der Waals surface area contributed by atoms with Gasteiger partial charge in [0.1, 0.15) is 0 Å². The molecule has 3 atom stereocenters. The van der Waals surface area contributed by atoms with Crippen molar-refractivity contribution < 1.29 is 29.7 Å². The maximum Gasteiger partial charge on any atom is 0.265 e. The van der Waals surface area contributed by atoms with Gasteiger partial charge in [0, 0.05) is 12.0 Å². The molecular formula is C14H18O6. The van der Waals surface area contributed by atoms with Gasteiger partial charge in [-0.25, -0.2) is 10.1 Å². The molecule has 110 valence electrons. The summed E-state index contributed by atoms with van der Waals surface area (Å²) < 4.78 is 0. The average molecular weight is 282 g/mol. The first kappa shape index (κ1) is 13.9. The number of hydrogen-bond acceptors (Lipinski definition) is 6. The Labute approximate surface area is 116 Å². The summed E-state index contributed by atoms with van der Waals surface area (Å²) in [7, 11) is 0. The summed E-state index contributed by atoms with van der Waals surface area (Å²) in [5.41, 5.74) is -0.174. The maximum atomic E-state index is 9.28. The van der Waals surface area contributed by atoms with Crippen LogP contribution in [-0.2, 0) is 24.4 Å².